The van der Waals surface area contributed by atoms with Crippen molar-refractivity contribution in [1.82, 2.24) is 5.43 Å². The first-order valence-electron chi connectivity index (χ1n) is 6.85. The number of anilines is 2. The van der Waals surface area contributed by atoms with Crippen LogP contribution in [0.1, 0.15) is 19.3 Å². The van der Waals surface area contributed by atoms with Crippen molar-refractivity contribution in [2.75, 3.05) is 17.2 Å². The summed E-state index contributed by atoms with van der Waals surface area (Å²) in [5, 5.41) is 9.13. The maximum atomic E-state index is 12.1. The molecule has 2 aliphatic rings. The van der Waals surface area contributed by atoms with Gasteiger partial charge in [0, 0.05) is 18.5 Å². The molecule has 3 N–H and O–H groups in total. The number of fused-ring (bicyclic) bond motifs is 1. The predicted octanol–water partition coefficient (Wildman–Crippen LogP) is 0.612. The maximum Gasteiger partial charge on any atom is 0.271 e. The van der Waals surface area contributed by atoms with Crippen molar-refractivity contribution in [2.45, 2.75) is 19.3 Å². The Morgan fingerprint density at radius 3 is 2.82 bits per heavy atom. The lowest BCUT2D eigenvalue weighted by molar-refractivity contribution is -0.121. The van der Waals surface area contributed by atoms with Gasteiger partial charge in [0.2, 0.25) is 11.8 Å². The Hall–Kier alpha value is -2.90. The molecule has 114 valence electrons. The number of nitrogens with zero attached hydrogens (tertiary/aromatic N) is 1. The molecule has 0 bridgehead atoms. The fraction of sp³-hybridized carbons (Fsp3) is 0.286. The highest BCUT2D eigenvalue weighted by Gasteiger charge is 2.19. The van der Waals surface area contributed by atoms with E-state index in [2.05, 4.69) is 21.2 Å². The highest BCUT2D eigenvalue weighted by molar-refractivity contribution is 6.43. The van der Waals surface area contributed by atoms with Gasteiger partial charge in [-0.15, -0.1) is 0 Å². The van der Waals surface area contributed by atoms with Crippen molar-refractivity contribution in [3.05, 3.63) is 18.2 Å². The number of hydrogen-bond donors (Lipinski definition) is 3. The van der Waals surface area contributed by atoms with Gasteiger partial charge in [0.25, 0.3) is 5.91 Å². The van der Waals surface area contributed by atoms with Gasteiger partial charge in [-0.25, -0.2) is 5.43 Å². The van der Waals surface area contributed by atoms with Crippen molar-refractivity contribution in [3.63, 3.8) is 0 Å². The van der Waals surface area contributed by atoms with Crippen molar-refractivity contribution < 1.29 is 19.1 Å². The first-order chi connectivity index (χ1) is 10.6. The molecular weight excluding hydrogens is 288 g/mol. The van der Waals surface area contributed by atoms with E-state index in [1.165, 1.54) is 0 Å². The highest BCUT2D eigenvalue weighted by Crippen LogP contribution is 2.30. The Morgan fingerprint density at radius 1 is 1.18 bits per heavy atom. The molecule has 8 heteroatoms. The molecule has 0 spiro atoms. The third-order valence-electron chi connectivity index (χ3n) is 3.26. The normalized spacial score (nSPS) is 17.2. The molecule has 0 fully saturated rings. The van der Waals surface area contributed by atoms with Crippen molar-refractivity contribution in [2.24, 2.45) is 5.10 Å². The molecule has 0 saturated heterocycles. The number of rotatable bonds is 2. The smallest absolute Gasteiger partial charge is 0.271 e. The largest absolute Gasteiger partial charge is 0.491 e. The van der Waals surface area contributed by atoms with Crippen LogP contribution < -0.4 is 20.8 Å². The Balaban J connectivity index is 1.74. The first kappa shape index (κ1) is 14.1. The fourth-order valence-corrected chi connectivity index (χ4v) is 2.14. The second kappa shape index (κ2) is 5.84. The quantitative estimate of drug-likeness (QED) is 0.743. The minimum absolute atomic E-state index is 0.137. The lowest BCUT2D eigenvalue weighted by Crippen LogP contribution is -2.32. The summed E-state index contributed by atoms with van der Waals surface area (Å²) in [5.74, 6) is -0.171. The molecule has 0 unspecified atom stereocenters. The molecular formula is C14H14N4O4. The van der Waals surface area contributed by atoms with Crippen LogP contribution in [0.15, 0.2) is 23.3 Å². The molecule has 8 nitrogen and oxygen atoms in total. The van der Waals surface area contributed by atoms with E-state index < -0.39 is 0 Å². The molecule has 22 heavy (non-hydrogen) atoms. The number of carbonyl (C=O) groups excluding carboxylic acids is 3. The maximum absolute atomic E-state index is 12.1. The van der Waals surface area contributed by atoms with Crippen LogP contribution in [0.3, 0.4) is 0 Å². The van der Waals surface area contributed by atoms with E-state index in [1.807, 2.05) is 0 Å². The van der Waals surface area contributed by atoms with Crippen LogP contribution in [0.5, 0.6) is 5.75 Å². The van der Waals surface area contributed by atoms with Gasteiger partial charge in [0.15, 0.2) is 0 Å². The van der Waals surface area contributed by atoms with Gasteiger partial charge in [0.05, 0.1) is 18.7 Å². The summed E-state index contributed by atoms with van der Waals surface area (Å²) >= 11 is 0. The zero-order chi connectivity index (χ0) is 15.5. The molecule has 3 amide bonds. The van der Waals surface area contributed by atoms with Crippen LogP contribution >= 0.6 is 0 Å². The molecule has 0 radical (unpaired) electrons. The molecule has 0 atom stereocenters. The SMILES string of the molecule is O=C1CCC(C(=O)Nc2ccc3c(c2)NC(=O)CCO3)=NN1. The Morgan fingerprint density at radius 2 is 2.05 bits per heavy atom. The summed E-state index contributed by atoms with van der Waals surface area (Å²) in [7, 11) is 0. The van der Waals surface area contributed by atoms with Gasteiger partial charge < -0.3 is 15.4 Å². The number of hydrazone groups is 1. The third kappa shape index (κ3) is 3.05. The van der Waals surface area contributed by atoms with Gasteiger partial charge >= 0.3 is 0 Å². The van der Waals surface area contributed by atoms with Crippen LogP contribution in [0, 0.1) is 0 Å². The number of hydrogen-bond acceptors (Lipinski definition) is 5. The zero-order valence-electron chi connectivity index (χ0n) is 11.6. The summed E-state index contributed by atoms with van der Waals surface area (Å²) in [4.78, 5) is 34.6. The standard InChI is InChI=1S/C14H14N4O4/c19-12-5-6-22-11-3-1-8(7-10(11)16-12)15-14(21)9-2-4-13(20)18-17-9/h1,3,7H,2,4-6H2,(H,15,21)(H,16,19)(H,18,20). The van der Waals surface area contributed by atoms with Crippen LogP contribution in [0.25, 0.3) is 0 Å². The van der Waals surface area contributed by atoms with Crippen LogP contribution in [0.2, 0.25) is 0 Å². The van der Waals surface area contributed by atoms with Crippen LogP contribution in [0.4, 0.5) is 11.4 Å². The van der Waals surface area contributed by atoms with Gasteiger partial charge in [-0.2, -0.15) is 5.10 Å². The van der Waals surface area contributed by atoms with Gasteiger partial charge in [0.1, 0.15) is 11.5 Å². The monoisotopic (exact) mass is 302 g/mol. The van der Waals surface area contributed by atoms with Crippen molar-refractivity contribution >= 4 is 34.8 Å². The van der Waals surface area contributed by atoms with Crippen molar-refractivity contribution in [3.8, 4) is 5.75 Å². The summed E-state index contributed by atoms with van der Waals surface area (Å²) in [6.45, 7) is 0.320. The van der Waals surface area contributed by atoms with E-state index in [-0.39, 0.29) is 36.3 Å². The van der Waals surface area contributed by atoms with Crippen molar-refractivity contribution in [1.29, 1.82) is 0 Å². The lowest BCUT2D eigenvalue weighted by atomic mass is 10.1. The zero-order valence-corrected chi connectivity index (χ0v) is 11.6. The average Bonchev–Trinajstić information content (AvgIpc) is 2.68. The van der Waals surface area contributed by atoms with E-state index in [1.54, 1.807) is 18.2 Å². The summed E-state index contributed by atoms with van der Waals surface area (Å²) in [5.41, 5.74) is 3.55. The summed E-state index contributed by atoms with van der Waals surface area (Å²) in [6.07, 6.45) is 0.815. The first-order valence-corrected chi connectivity index (χ1v) is 6.85. The van der Waals surface area contributed by atoms with E-state index in [0.717, 1.165) is 0 Å². The minimum atomic E-state index is -0.388. The van der Waals surface area contributed by atoms with E-state index in [9.17, 15) is 14.4 Å². The number of carbonyl (C=O) groups is 3. The molecule has 3 rings (SSSR count). The van der Waals surface area contributed by atoms with Gasteiger partial charge in [-0.05, 0) is 18.2 Å². The number of amides is 3. The predicted molar refractivity (Wildman–Crippen MR) is 78.6 cm³/mol. The second-order valence-corrected chi connectivity index (χ2v) is 4.91. The third-order valence-corrected chi connectivity index (χ3v) is 3.26. The fourth-order valence-electron chi connectivity index (χ4n) is 2.14. The average molecular weight is 302 g/mol. The highest BCUT2D eigenvalue weighted by atomic mass is 16.5. The Bertz CT molecular complexity index is 683. The molecule has 1 aromatic carbocycles. The molecule has 1 aromatic rings. The molecule has 2 heterocycles. The topological polar surface area (TPSA) is 109 Å². The molecule has 0 saturated carbocycles. The van der Waals surface area contributed by atoms with E-state index in [0.29, 0.717) is 30.2 Å². The van der Waals surface area contributed by atoms with Crippen LogP contribution in [-0.4, -0.2) is 30.0 Å². The molecule has 2 aliphatic heterocycles. The second-order valence-electron chi connectivity index (χ2n) is 4.91. The number of nitrogens with one attached hydrogen (secondary N) is 3. The lowest BCUT2D eigenvalue weighted by Gasteiger charge is -2.13. The van der Waals surface area contributed by atoms with Gasteiger partial charge in [-0.1, -0.05) is 0 Å². The number of ether oxygens (including phenoxy) is 1. The van der Waals surface area contributed by atoms with Crippen LogP contribution in [-0.2, 0) is 14.4 Å². The Labute approximate surface area is 125 Å². The number of benzene rings is 1. The molecule has 0 aliphatic carbocycles. The van der Waals surface area contributed by atoms with E-state index >= 15 is 0 Å². The van der Waals surface area contributed by atoms with Gasteiger partial charge in [-0.3, -0.25) is 14.4 Å². The summed E-state index contributed by atoms with van der Waals surface area (Å²) < 4.78 is 5.44. The minimum Gasteiger partial charge on any atom is -0.491 e. The Kier molecular flexibility index (Phi) is 3.73. The van der Waals surface area contributed by atoms with E-state index in [4.69, 9.17) is 4.74 Å². The molecule has 0 aromatic heterocycles. The summed E-state index contributed by atoms with van der Waals surface area (Å²) in [6, 6.07) is 4.98.